The zero-order chi connectivity index (χ0) is 14.0. The third kappa shape index (κ3) is 3.68. The highest BCUT2D eigenvalue weighted by molar-refractivity contribution is 9.10. The first-order valence-corrected chi connectivity index (χ1v) is 8.05. The van der Waals surface area contributed by atoms with E-state index in [1.165, 1.54) is 11.1 Å². The lowest BCUT2D eigenvalue weighted by Crippen LogP contribution is -2.11. The van der Waals surface area contributed by atoms with Crippen molar-refractivity contribution in [2.24, 2.45) is 0 Å². The van der Waals surface area contributed by atoms with Crippen LogP contribution in [0.3, 0.4) is 0 Å². The summed E-state index contributed by atoms with van der Waals surface area (Å²) in [4.78, 5) is 1.000. The molecule has 1 nitrogen and oxygen atoms in total. The number of aliphatic hydroxyl groups is 1. The molecule has 2 rings (SSSR count). The first kappa shape index (κ1) is 14.8. The maximum absolute atomic E-state index is 10.3. The second-order valence-electron chi connectivity index (χ2n) is 5.80. The van der Waals surface area contributed by atoms with Crippen molar-refractivity contribution in [1.29, 1.82) is 0 Å². The van der Waals surface area contributed by atoms with Crippen LogP contribution < -0.4 is 0 Å². The Labute approximate surface area is 127 Å². The van der Waals surface area contributed by atoms with Gasteiger partial charge in [0, 0.05) is 15.8 Å². The molecule has 1 unspecified atom stereocenters. The molecular formula is C16H19BrOS. The summed E-state index contributed by atoms with van der Waals surface area (Å²) in [5.41, 5.74) is 2.66. The van der Waals surface area contributed by atoms with Crippen molar-refractivity contribution in [1.82, 2.24) is 0 Å². The number of aliphatic hydroxyl groups excluding tert-OH is 1. The molecule has 1 atom stereocenters. The Morgan fingerprint density at radius 2 is 1.79 bits per heavy atom. The lowest BCUT2D eigenvalue weighted by atomic mass is 9.86. The van der Waals surface area contributed by atoms with Gasteiger partial charge in [0.25, 0.3) is 0 Å². The van der Waals surface area contributed by atoms with Crippen LogP contribution in [0.25, 0.3) is 0 Å². The zero-order valence-corrected chi connectivity index (χ0v) is 13.9. The molecule has 0 aliphatic rings. The molecule has 0 aliphatic heterocycles. The van der Waals surface area contributed by atoms with Crippen LogP contribution in [0.2, 0.25) is 0 Å². The predicted molar refractivity (Wildman–Crippen MR) is 85.8 cm³/mol. The van der Waals surface area contributed by atoms with Crippen molar-refractivity contribution in [3.8, 4) is 0 Å². The van der Waals surface area contributed by atoms with Crippen LogP contribution in [-0.2, 0) is 11.8 Å². The van der Waals surface area contributed by atoms with Gasteiger partial charge in [-0.1, -0.05) is 45.0 Å². The molecule has 0 saturated heterocycles. The monoisotopic (exact) mass is 338 g/mol. The number of thiophene rings is 1. The van der Waals surface area contributed by atoms with E-state index in [1.807, 2.05) is 11.4 Å². The van der Waals surface area contributed by atoms with Crippen LogP contribution in [0, 0.1) is 0 Å². The molecule has 1 N–H and O–H groups in total. The van der Waals surface area contributed by atoms with E-state index in [2.05, 4.69) is 61.0 Å². The van der Waals surface area contributed by atoms with Gasteiger partial charge in [0.1, 0.15) is 0 Å². The Morgan fingerprint density at radius 3 is 2.26 bits per heavy atom. The Bertz CT molecular complexity index is 537. The molecule has 3 heteroatoms. The molecule has 1 aromatic heterocycles. The molecule has 0 bridgehead atoms. The number of halogens is 1. The summed E-state index contributed by atoms with van der Waals surface area (Å²) in [6, 6.07) is 10.5. The molecule has 102 valence electrons. The predicted octanol–water partition coefficient (Wildman–Crippen LogP) is 5.08. The molecule has 19 heavy (non-hydrogen) atoms. The summed E-state index contributed by atoms with van der Waals surface area (Å²) >= 11 is 5.06. The molecule has 0 spiro atoms. The van der Waals surface area contributed by atoms with Crippen LogP contribution in [0.15, 0.2) is 40.2 Å². The fourth-order valence-corrected chi connectivity index (χ4v) is 3.62. The summed E-state index contributed by atoms with van der Waals surface area (Å²) in [5, 5.41) is 12.2. The number of hydrogen-bond donors (Lipinski definition) is 1. The summed E-state index contributed by atoms with van der Waals surface area (Å²) in [5.74, 6) is 0. The summed E-state index contributed by atoms with van der Waals surface area (Å²) in [6.07, 6.45) is 0.221. The minimum Gasteiger partial charge on any atom is -0.387 e. The Balaban J connectivity index is 2.10. The standard InChI is InChI=1S/C16H19BrOS/c1-16(2,3)12-6-4-11(5-7-12)10-14(18)15-13(17)8-9-19-15/h4-9,14,18H,10H2,1-3H3. The van der Waals surface area contributed by atoms with Crippen molar-refractivity contribution < 1.29 is 5.11 Å². The van der Waals surface area contributed by atoms with Crippen molar-refractivity contribution in [2.75, 3.05) is 0 Å². The average molecular weight is 339 g/mol. The van der Waals surface area contributed by atoms with Crippen molar-refractivity contribution >= 4 is 27.3 Å². The SMILES string of the molecule is CC(C)(C)c1ccc(CC(O)c2sccc2Br)cc1. The van der Waals surface area contributed by atoms with Crippen LogP contribution in [0.5, 0.6) is 0 Å². The van der Waals surface area contributed by atoms with Gasteiger partial charge >= 0.3 is 0 Å². The van der Waals surface area contributed by atoms with Crippen molar-refractivity contribution in [3.63, 3.8) is 0 Å². The lowest BCUT2D eigenvalue weighted by Gasteiger charge is -2.19. The molecule has 0 amide bonds. The van der Waals surface area contributed by atoms with E-state index in [4.69, 9.17) is 0 Å². The topological polar surface area (TPSA) is 20.2 Å². The van der Waals surface area contributed by atoms with Crippen LogP contribution in [0.4, 0.5) is 0 Å². The Morgan fingerprint density at radius 1 is 1.16 bits per heavy atom. The number of rotatable bonds is 3. The second-order valence-corrected chi connectivity index (χ2v) is 7.60. The molecule has 2 aromatic rings. The van der Waals surface area contributed by atoms with Gasteiger partial charge in [0.15, 0.2) is 0 Å². The van der Waals surface area contributed by atoms with E-state index < -0.39 is 6.10 Å². The molecule has 0 radical (unpaired) electrons. The van der Waals surface area contributed by atoms with E-state index in [1.54, 1.807) is 11.3 Å². The molecule has 1 aromatic carbocycles. The first-order valence-electron chi connectivity index (χ1n) is 6.38. The fourth-order valence-electron chi connectivity index (χ4n) is 2.00. The zero-order valence-electron chi connectivity index (χ0n) is 11.5. The summed E-state index contributed by atoms with van der Waals surface area (Å²) in [7, 11) is 0. The smallest absolute Gasteiger partial charge is 0.0933 e. The first-order chi connectivity index (χ1) is 8.88. The third-order valence-corrected chi connectivity index (χ3v) is 5.17. The second kappa shape index (κ2) is 5.78. The molecule has 0 saturated carbocycles. The average Bonchev–Trinajstić information content (AvgIpc) is 2.75. The Kier molecular flexibility index (Phi) is 4.49. The van der Waals surface area contributed by atoms with Gasteiger partial charge in [-0.2, -0.15) is 0 Å². The van der Waals surface area contributed by atoms with Crippen molar-refractivity contribution in [2.45, 2.75) is 38.7 Å². The van der Waals surface area contributed by atoms with Crippen LogP contribution in [0.1, 0.15) is 42.9 Å². The van der Waals surface area contributed by atoms with E-state index in [-0.39, 0.29) is 5.41 Å². The molecule has 0 fully saturated rings. The van der Waals surface area contributed by atoms with Gasteiger partial charge in [0.2, 0.25) is 0 Å². The molecule has 0 aliphatic carbocycles. The van der Waals surface area contributed by atoms with Gasteiger partial charge in [0.05, 0.1) is 6.10 Å². The van der Waals surface area contributed by atoms with E-state index in [0.29, 0.717) is 6.42 Å². The quantitative estimate of drug-likeness (QED) is 0.826. The van der Waals surface area contributed by atoms with Gasteiger partial charge < -0.3 is 5.11 Å². The minimum atomic E-state index is -0.435. The van der Waals surface area contributed by atoms with Gasteiger partial charge in [-0.3, -0.25) is 0 Å². The number of benzene rings is 1. The van der Waals surface area contributed by atoms with E-state index in [0.717, 1.165) is 9.35 Å². The largest absolute Gasteiger partial charge is 0.387 e. The highest BCUT2D eigenvalue weighted by atomic mass is 79.9. The van der Waals surface area contributed by atoms with E-state index in [9.17, 15) is 5.11 Å². The maximum Gasteiger partial charge on any atom is 0.0933 e. The highest BCUT2D eigenvalue weighted by Crippen LogP contribution is 2.31. The van der Waals surface area contributed by atoms with Gasteiger partial charge in [-0.05, 0) is 43.9 Å². The molecule has 1 heterocycles. The van der Waals surface area contributed by atoms with E-state index >= 15 is 0 Å². The van der Waals surface area contributed by atoms with Gasteiger partial charge in [-0.25, -0.2) is 0 Å². The summed E-state index contributed by atoms with van der Waals surface area (Å²) in [6.45, 7) is 6.62. The minimum absolute atomic E-state index is 0.175. The molecular weight excluding hydrogens is 320 g/mol. The van der Waals surface area contributed by atoms with Gasteiger partial charge in [-0.15, -0.1) is 11.3 Å². The highest BCUT2D eigenvalue weighted by Gasteiger charge is 2.15. The van der Waals surface area contributed by atoms with Crippen LogP contribution >= 0.6 is 27.3 Å². The number of hydrogen-bond acceptors (Lipinski definition) is 2. The lowest BCUT2D eigenvalue weighted by molar-refractivity contribution is 0.181. The third-order valence-electron chi connectivity index (χ3n) is 3.20. The maximum atomic E-state index is 10.3. The summed E-state index contributed by atoms with van der Waals surface area (Å²) < 4.78 is 0.997. The fraction of sp³-hybridized carbons (Fsp3) is 0.375. The Hall–Kier alpha value is -0.640. The van der Waals surface area contributed by atoms with Crippen molar-refractivity contribution in [3.05, 3.63) is 56.2 Å². The normalized spacial score (nSPS) is 13.5. The van der Waals surface area contributed by atoms with Crippen LogP contribution in [-0.4, -0.2) is 5.11 Å².